The van der Waals surface area contributed by atoms with Crippen molar-refractivity contribution >= 4 is 41.0 Å². The topological polar surface area (TPSA) is 170 Å². The molecule has 0 radical (unpaired) electrons. The van der Waals surface area contributed by atoms with E-state index in [4.69, 9.17) is 5.73 Å². The standard InChI is InChI=1S/C32H36N8O4/c1-32(2,3)21-9-7-20(8-10-21)28(42)35-26-6-4-5-24(25(26)19-41)27-36-29(33)38-30(37-27)34-22-11-13-23(14-12-22)39-15-17-40(18-16-39)31(43)44/h4-14,41H,15-19H2,1-3H3,(H,35,42)(H,43,44)(H3,33,34,36,37,38). The number of nitrogen functional groups attached to an aromatic ring is 1. The predicted octanol–water partition coefficient (Wildman–Crippen LogP) is 4.71. The van der Waals surface area contributed by atoms with Crippen LogP contribution in [0.1, 0.15) is 42.3 Å². The van der Waals surface area contributed by atoms with Gasteiger partial charge in [-0.3, -0.25) is 4.79 Å². The van der Waals surface area contributed by atoms with Gasteiger partial charge in [0.05, 0.1) is 6.61 Å². The molecule has 0 aliphatic carbocycles. The number of nitrogens with two attached hydrogens (primary N) is 1. The Labute approximate surface area is 255 Å². The van der Waals surface area contributed by atoms with Gasteiger partial charge in [0.2, 0.25) is 11.9 Å². The molecular formula is C32H36N8O4. The molecule has 0 spiro atoms. The molecule has 44 heavy (non-hydrogen) atoms. The van der Waals surface area contributed by atoms with E-state index >= 15 is 0 Å². The molecule has 12 nitrogen and oxygen atoms in total. The fourth-order valence-electron chi connectivity index (χ4n) is 5.01. The molecule has 1 saturated heterocycles. The fourth-order valence-corrected chi connectivity index (χ4v) is 5.01. The summed E-state index contributed by atoms with van der Waals surface area (Å²) in [7, 11) is 0. The number of aliphatic hydroxyl groups excluding tert-OH is 1. The number of aliphatic hydroxyl groups is 1. The zero-order valence-corrected chi connectivity index (χ0v) is 24.9. The Morgan fingerprint density at radius 1 is 0.909 bits per heavy atom. The Hall–Kier alpha value is -5.23. The normalized spacial score (nSPS) is 13.5. The first-order valence-corrected chi connectivity index (χ1v) is 14.3. The number of nitrogens with zero attached hydrogens (tertiary/aromatic N) is 5. The number of rotatable bonds is 7. The summed E-state index contributed by atoms with van der Waals surface area (Å²) >= 11 is 0. The lowest BCUT2D eigenvalue weighted by atomic mass is 9.86. The Balaban J connectivity index is 1.32. The van der Waals surface area contributed by atoms with E-state index in [1.54, 1.807) is 30.3 Å². The van der Waals surface area contributed by atoms with Gasteiger partial charge in [-0.15, -0.1) is 0 Å². The molecule has 4 aromatic rings. The van der Waals surface area contributed by atoms with Crippen molar-refractivity contribution in [2.45, 2.75) is 32.8 Å². The van der Waals surface area contributed by atoms with Crippen LogP contribution < -0.4 is 21.3 Å². The predicted molar refractivity (Wildman–Crippen MR) is 170 cm³/mol. The summed E-state index contributed by atoms with van der Waals surface area (Å²) in [6.45, 7) is 8.10. The summed E-state index contributed by atoms with van der Waals surface area (Å²) in [4.78, 5) is 40.9. The van der Waals surface area contributed by atoms with Crippen LogP contribution in [-0.4, -0.2) is 68.2 Å². The third-order valence-corrected chi connectivity index (χ3v) is 7.53. The minimum absolute atomic E-state index is 0.0114. The maximum Gasteiger partial charge on any atom is 0.407 e. The third kappa shape index (κ3) is 6.87. The zero-order chi connectivity index (χ0) is 31.4. The summed E-state index contributed by atoms with van der Waals surface area (Å²) in [6, 6.07) is 20.3. The quantitative estimate of drug-likeness (QED) is 0.201. The van der Waals surface area contributed by atoms with Crippen molar-refractivity contribution in [1.82, 2.24) is 19.9 Å². The van der Waals surface area contributed by atoms with Crippen LogP contribution >= 0.6 is 0 Å². The van der Waals surface area contributed by atoms with E-state index in [9.17, 15) is 19.8 Å². The maximum atomic E-state index is 13.1. The number of carbonyl (C=O) groups is 2. The first-order valence-electron chi connectivity index (χ1n) is 14.3. The van der Waals surface area contributed by atoms with Gasteiger partial charge < -0.3 is 36.4 Å². The Morgan fingerprint density at radius 3 is 2.20 bits per heavy atom. The van der Waals surface area contributed by atoms with Gasteiger partial charge in [0.15, 0.2) is 5.82 Å². The van der Waals surface area contributed by atoms with E-state index in [1.165, 1.54) is 4.90 Å². The summed E-state index contributed by atoms with van der Waals surface area (Å²) in [5.41, 5.74) is 10.7. The summed E-state index contributed by atoms with van der Waals surface area (Å²) in [5.74, 6) is 0.139. The molecule has 2 heterocycles. The molecule has 1 aromatic heterocycles. The molecule has 1 fully saturated rings. The van der Waals surface area contributed by atoms with Crippen LogP contribution in [0.5, 0.6) is 0 Å². The molecule has 12 heteroatoms. The van der Waals surface area contributed by atoms with Crippen molar-refractivity contribution in [2.75, 3.05) is 47.4 Å². The second-order valence-corrected chi connectivity index (χ2v) is 11.5. The van der Waals surface area contributed by atoms with E-state index in [0.29, 0.717) is 48.6 Å². The number of hydrogen-bond acceptors (Lipinski definition) is 9. The molecule has 228 valence electrons. The highest BCUT2D eigenvalue weighted by Crippen LogP contribution is 2.30. The lowest BCUT2D eigenvalue weighted by molar-refractivity contribution is 0.102. The average molecular weight is 597 g/mol. The van der Waals surface area contributed by atoms with Crippen molar-refractivity contribution in [3.63, 3.8) is 0 Å². The van der Waals surface area contributed by atoms with Crippen LogP contribution in [0.2, 0.25) is 0 Å². The van der Waals surface area contributed by atoms with E-state index < -0.39 is 6.09 Å². The molecular weight excluding hydrogens is 560 g/mol. The number of carbonyl (C=O) groups excluding carboxylic acids is 1. The van der Waals surface area contributed by atoms with Gasteiger partial charge in [0.25, 0.3) is 5.91 Å². The second-order valence-electron chi connectivity index (χ2n) is 11.5. The highest BCUT2D eigenvalue weighted by Gasteiger charge is 2.21. The molecule has 2 amide bonds. The molecule has 3 aromatic carbocycles. The van der Waals surface area contributed by atoms with Crippen molar-refractivity contribution in [2.24, 2.45) is 0 Å². The second kappa shape index (κ2) is 12.6. The monoisotopic (exact) mass is 596 g/mol. The van der Waals surface area contributed by atoms with Gasteiger partial charge in [-0.05, 0) is 53.4 Å². The van der Waals surface area contributed by atoms with Gasteiger partial charge in [-0.25, -0.2) is 4.79 Å². The Bertz CT molecular complexity index is 1640. The summed E-state index contributed by atoms with van der Waals surface area (Å²) in [6.07, 6.45) is -0.898. The first kappa shape index (κ1) is 30.2. The number of nitrogens with one attached hydrogen (secondary N) is 2. The third-order valence-electron chi connectivity index (χ3n) is 7.53. The molecule has 0 unspecified atom stereocenters. The van der Waals surface area contributed by atoms with Crippen LogP contribution in [-0.2, 0) is 12.0 Å². The number of benzene rings is 3. The van der Waals surface area contributed by atoms with E-state index in [1.807, 2.05) is 36.4 Å². The molecule has 0 atom stereocenters. The number of hydrogen-bond donors (Lipinski definition) is 5. The number of carboxylic acid groups (broad SMARTS) is 1. The average Bonchev–Trinajstić information content (AvgIpc) is 3.00. The number of piperazine rings is 1. The minimum atomic E-state index is -0.898. The van der Waals surface area contributed by atoms with Crippen LogP contribution in [0.4, 0.5) is 33.8 Å². The largest absolute Gasteiger partial charge is 0.465 e. The van der Waals surface area contributed by atoms with Gasteiger partial charge in [0.1, 0.15) is 0 Å². The first-order chi connectivity index (χ1) is 21.0. The lowest BCUT2D eigenvalue weighted by Gasteiger charge is -2.34. The molecule has 1 aliphatic rings. The van der Waals surface area contributed by atoms with E-state index in [2.05, 4.69) is 51.3 Å². The molecule has 5 rings (SSSR count). The van der Waals surface area contributed by atoms with Crippen molar-refractivity contribution < 1.29 is 19.8 Å². The van der Waals surface area contributed by atoms with Crippen LogP contribution in [0.3, 0.4) is 0 Å². The minimum Gasteiger partial charge on any atom is -0.465 e. The summed E-state index contributed by atoms with van der Waals surface area (Å²) in [5, 5.41) is 25.5. The van der Waals surface area contributed by atoms with Gasteiger partial charge >= 0.3 is 6.09 Å². The van der Waals surface area contributed by atoms with Crippen LogP contribution in [0, 0.1) is 0 Å². The van der Waals surface area contributed by atoms with Crippen molar-refractivity contribution in [3.05, 3.63) is 83.4 Å². The highest BCUT2D eigenvalue weighted by atomic mass is 16.4. The lowest BCUT2D eigenvalue weighted by Crippen LogP contribution is -2.48. The van der Waals surface area contributed by atoms with E-state index in [0.717, 1.165) is 16.9 Å². The zero-order valence-electron chi connectivity index (χ0n) is 24.9. The summed E-state index contributed by atoms with van der Waals surface area (Å²) < 4.78 is 0. The van der Waals surface area contributed by atoms with Crippen molar-refractivity contribution in [3.8, 4) is 11.4 Å². The van der Waals surface area contributed by atoms with Gasteiger partial charge in [-0.2, -0.15) is 15.0 Å². The molecule has 1 aliphatic heterocycles. The van der Waals surface area contributed by atoms with Gasteiger partial charge in [-0.1, -0.05) is 45.0 Å². The maximum absolute atomic E-state index is 13.1. The molecule has 0 saturated carbocycles. The van der Waals surface area contributed by atoms with Crippen molar-refractivity contribution in [1.29, 1.82) is 0 Å². The highest BCUT2D eigenvalue weighted by molar-refractivity contribution is 6.05. The van der Waals surface area contributed by atoms with Crippen LogP contribution in [0.25, 0.3) is 11.4 Å². The SMILES string of the molecule is CC(C)(C)c1ccc(C(=O)Nc2cccc(-c3nc(N)nc(Nc4ccc(N5CCN(C(=O)O)CC5)cc4)n3)c2CO)cc1. The smallest absolute Gasteiger partial charge is 0.407 e. The molecule has 6 N–H and O–H groups in total. The fraction of sp³-hybridized carbons (Fsp3) is 0.281. The Kier molecular flexibility index (Phi) is 8.63. The van der Waals surface area contributed by atoms with Gasteiger partial charge in [0, 0.05) is 59.9 Å². The number of amides is 2. The number of anilines is 5. The van der Waals surface area contributed by atoms with E-state index in [-0.39, 0.29) is 35.7 Å². The number of aromatic nitrogens is 3. The van der Waals surface area contributed by atoms with Crippen LogP contribution in [0.15, 0.2) is 66.7 Å². The molecule has 0 bridgehead atoms. The Morgan fingerprint density at radius 2 is 1.59 bits per heavy atom.